The van der Waals surface area contributed by atoms with Crippen molar-refractivity contribution in [3.63, 3.8) is 0 Å². The first kappa shape index (κ1) is 15.3. The third-order valence-electron chi connectivity index (χ3n) is 3.15. The van der Waals surface area contributed by atoms with Gasteiger partial charge >= 0.3 is 0 Å². The number of hydrogen-bond donors (Lipinski definition) is 1. The maximum Gasteiger partial charge on any atom is 0.274 e. The van der Waals surface area contributed by atoms with Crippen molar-refractivity contribution in [3.05, 3.63) is 40.2 Å². The second-order valence-corrected chi connectivity index (χ2v) is 9.12. The number of hydrogen-bond acceptors (Lipinski definition) is 5. The van der Waals surface area contributed by atoms with Crippen LogP contribution >= 0.6 is 27.3 Å². The lowest BCUT2D eigenvalue weighted by atomic mass is 10.2. The Morgan fingerprint density at radius 3 is 2.68 bits per heavy atom. The Labute approximate surface area is 139 Å². The Bertz CT molecular complexity index is 834. The number of nitrogens with zero attached hydrogens (tertiary/aromatic N) is 1. The van der Waals surface area contributed by atoms with E-state index in [9.17, 15) is 13.2 Å². The summed E-state index contributed by atoms with van der Waals surface area (Å²) in [7, 11) is -3.79. The summed E-state index contributed by atoms with van der Waals surface area (Å²) in [5.74, 6) is -0.390. The van der Waals surface area contributed by atoms with Gasteiger partial charge in [-0.2, -0.15) is 0 Å². The minimum Gasteiger partial charge on any atom is -0.476 e. The van der Waals surface area contributed by atoms with Crippen LogP contribution in [0.5, 0.6) is 5.75 Å². The highest BCUT2D eigenvalue weighted by Crippen LogP contribution is 2.38. The van der Waals surface area contributed by atoms with E-state index in [-0.39, 0.29) is 10.8 Å². The zero-order valence-electron chi connectivity index (χ0n) is 11.1. The van der Waals surface area contributed by atoms with Crippen LogP contribution in [0, 0.1) is 0 Å². The molecule has 0 aliphatic carbocycles. The first-order chi connectivity index (χ1) is 10.4. The van der Waals surface area contributed by atoms with Crippen LogP contribution in [0.15, 0.2) is 44.4 Å². The van der Waals surface area contributed by atoms with Gasteiger partial charge in [0, 0.05) is 0 Å². The molecule has 9 heteroatoms. The zero-order valence-corrected chi connectivity index (χ0v) is 14.3. The number of ether oxygens (including phenoxy) is 1. The predicted octanol–water partition coefficient (Wildman–Crippen LogP) is 1.95. The molecule has 0 bridgehead atoms. The molecule has 0 spiro atoms. The molecule has 0 radical (unpaired) electrons. The highest BCUT2D eigenvalue weighted by Gasteiger charge is 2.37. The van der Waals surface area contributed by atoms with Gasteiger partial charge in [0.15, 0.2) is 6.10 Å². The molecule has 2 heterocycles. The maximum atomic E-state index is 12.8. The van der Waals surface area contributed by atoms with E-state index in [1.165, 1.54) is 10.4 Å². The summed E-state index contributed by atoms with van der Waals surface area (Å²) in [4.78, 5) is 11.4. The molecule has 22 heavy (non-hydrogen) atoms. The third kappa shape index (κ3) is 2.59. The number of carbonyl (C=O) groups excluding carboxylic acids is 1. The summed E-state index contributed by atoms with van der Waals surface area (Å²) < 4.78 is 33.2. The van der Waals surface area contributed by atoms with Crippen molar-refractivity contribution in [1.82, 2.24) is 0 Å². The molecule has 0 fully saturated rings. The molecule has 1 atom stereocenters. The number of nitrogens with two attached hydrogens (primary N) is 1. The van der Waals surface area contributed by atoms with Gasteiger partial charge in [-0.1, -0.05) is 12.1 Å². The van der Waals surface area contributed by atoms with Crippen LogP contribution < -0.4 is 14.8 Å². The number of primary amides is 1. The van der Waals surface area contributed by atoms with Crippen LogP contribution in [0.25, 0.3) is 0 Å². The molecule has 2 N–H and O–H groups in total. The first-order valence-corrected chi connectivity index (χ1v) is 9.27. The Morgan fingerprint density at radius 1 is 1.32 bits per heavy atom. The fourth-order valence-corrected chi connectivity index (χ4v) is 5.72. The van der Waals surface area contributed by atoms with E-state index in [1.807, 2.05) is 0 Å². The normalized spacial score (nSPS) is 17.7. The molecule has 6 nitrogen and oxygen atoms in total. The topological polar surface area (TPSA) is 89.7 Å². The number of rotatable bonds is 3. The number of anilines is 1. The van der Waals surface area contributed by atoms with Crippen LogP contribution in [0.4, 0.5) is 5.69 Å². The summed E-state index contributed by atoms with van der Waals surface area (Å²) in [6, 6.07) is 9.83. The van der Waals surface area contributed by atoms with Crippen molar-refractivity contribution < 1.29 is 17.9 Å². The van der Waals surface area contributed by atoms with Gasteiger partial charge in [-0.15, -0.1) is 11.3 Å². The van der Waals surface area contributed by atoms with Gasteiger partial charge in [0.2, 0.25) is 0 Å². The van der Waals surface area contributed by atoms with Gasteiger partial charge in [0.05, 0.1) is 16.0 Å². The van der Waals surface area contributed by atoms with E-state index in [2.05, 4.69) is 15.9 Å². The largest absolute Gasteiger partial charge is 0.476 e. The fraction of sp³-hybridized carbons (Fsp3) is 0.154. The van der Waals surface area contributed by atoms with Crippen LogP contribution in [-0.4, -0.2) is 27.0 Å². The minimum atomic E-state index is -3.79. The number of fused-ring (bicyclic) bond motifs is 1. The van der Waals surface area contributed by atoms with Crippen LogP contribution in [0.3, 0.4) is 0 Å². The number of amides is 1. The molecule has 1 aliphatic rings. The smallest absolute Gasteiger partial charge is 0.274 e. The van der Waals surface area contributed by atoms with Crippen LogP contribution in [0.1, 0.15) is 0 Å². The number of halogens is 1. The fourth-order valence-electron chi connectivity index (χ4n) is 2.12. The molecule has 1 unspecified atom stereocenters. The number of benzene rings is 1. The van der Waals surface area contributed by atoms with Crippen LogP contribution in [-0.2, 0) is 14.8 Å². The Morgan fingerprint density at radius 2 is 2.05 bits per heavy atom. The zero-order chi connectivity index (χ0) is 15.9. The highest BCUT2D eigenvalue weighted by atomic mass is 79.9. The van der Waals surface area contributed by atoms with Crippen molar-refractivity contribution in [2.24, 2.45) is 5.73 Å². The van der Waals surface area contributed by atoms with E-state index in [0.29, 0.717) is 15.2 Å². The lowest BCUT2D eigenvalue weighted by molar-refractivity contribution is -0.124. The Kier molecular flexibility index (Phi) is 3.87. The van der Waals surface area contributed by atoms with Crippen molar-refractivity contribution in [1.29, 1.82) is 0 Å². The van der Waals surface area contributed by atoms with E-state index < -0.39 is 22.0 Å². The van der Waals surface area contributed by atoms with E-state index in [4.69, 9.17) is 10.5 Å². The molecular weight excluding hydrogens is 392 g/mol. The second-order valence-electron chi connectivity index (χ2n) is 4.57. The number of carbonyl (C=O) groups is 1. The number of para-hydroxylation sites is 2. The van der Waals surface area contributed by atoms with Crippen molar-refractivity contribution in [2.75, 3.05) is 10.8 Å². The van der Waals surface area contributed by atoms with Gasteiger partial charge in [-0.25, -0.2) is 8.42 Å². The molecule has 0 saturated heterocycles. The molecule has 0 saturated carbocycles. The van der Waals surface area contributed by atoms with Gasteiger partial charge in [-0.05, 0) is 40.2 Å². The van der Waals surface area contributed by atoms with Crippen molar-refractivity contribution in [2.45, 2.75) is 10.3 Å². The quantitative estimate of drug-likeness (QED) is 0.849. The van der Waals surface area contributed by atoms with Gasteiger partial charge in [0.1, 0.15) is 9.96 Å². The maximum absolute atomic E-state index is 12.8. The first-order valence-electron chi connectivity index (χ1n) is 6.22. The molecular formula is C13H11BrN2O4S2. The number of sulfonamides is 1. The predicted molar refractivity (Wildman–Crippen MR) is 86.6 cm³/mol. The Balaban J connectivity index is 2.10. The monoisotopic (exact) mass is 402 g/mol. The molecule has 1 aromatic heterocycles. The Hall–Kier alpha value is -1.58. The number of thiophene rings is 1. The standard InChI is InChI=1S/C13H11BrN2O4S2/c14-11-5-6-12(21-11)22(18,19)16-7-10(13(15)17)20-9-4-2-1-3-8(9)16/h1-6,10H,7H2,(H2,15,17). The second kappa shape index (κ2) is 5.56. The summed E-state index contributed by atoms with van der Waals surface area (Å²) in [5.41, 5.74) is 5.68. The summed E-state index contributed by atoms with van der Waals surface area (Å²) >= 11 is 4.35. The molecule has 1 amide bonds. The SMILES string of the molecule is NC(=O)C1CN(S(=O)(=O)c2ccc(Br)s2)c2ccccc2O1. The van der Waals surface area contributed by atoms with Gasteiger partial charge < -0.3 is 10.5 Å². The third-order valence-corrected chi connectivity index (χ3v) is 7.02. The molecule has 1 aliphatic heterocycles. The van der Waals surface area contributed by atoms with Crippen molar-refractivity contribution >= 4 is 48.9 Å². The van der Waals surface area contributed by atoms with E-state index in [1.54, 1.807) is 30.3 Å². The molecule has 116 valence electrons. The van der Waals surface area contributed by atoms with Crippen LogP contribution in [0.2, 0.25) is 0 Å². The van der Waals surface area contributed by atoms with E-state index in [0.717, 1.165) is 11.3 Å². The minimum absolute atomic E-state index is 0.149. The highest BCUT2D eigenvalue weighted by molar-refractivity contribution is 9.11. The summed E-state index contributed by atoms with van der Waals surface area (Å²) in [5, 5.41) is 0. The molecule has 1 aromatic carbocycles. The summed E-state index contributed by atoms with van der Waals surface area (Å²) in [6.07, 6.45) is -1.02. The van der Waals surface area contributed by atoms with Gasteiger partial charge in [0.25, 0.3) is 15.9 Å². The lowest BCUT2D eigenvalue weighted by Crippen LogP contribution is -2.49. The molecule has 2 aromatic rings. The van der Waals surface area contributed by atoms with E-state index >= 15 is 0 Å². The lowest BCUT2D eigenvalue weighted by Gasteiger charge is -2.33. The average molecular weight is 403 g/mol. The van der Waals surface area contributed by atoms with Crippen molar-refractivity contribution in [3.8, 4) is 5.75 Å². The average Bonchev–Trinajstić information content (AvgIpc) is 2.93. The summed E-state index contributed by atoms with van der Waals surface area (Å²) in [6.45, 7) is -0.149. The van der Waals surface area contributed by atoms with Gasteiger partial charge in [-0.3, -0.25) is 9.10 Å². The molecule has 3 rings (SSSR count).